The van der Waals surface area contributed by atoms with E-state index < -0.39 is 0 Å². The Morgan fingerprint density at radius 2 is 2.27 bits per heavy atom. The van der Waals surface area contributed by atoms with Crippen LogP contribution in [0.25, 0.3) is 0 Å². The van der Waals surface area contributed by atoms with Crippen molar-refractivity contribution in [2.45, 2.75) is 38.4 Å². The largest absolute Gasteiger partial charge is 0.154 e. The molecule has 0 heterocycles. The van der Waals surface area contributed by atoms with Crippen molar-refractivity contribution in [3.05, 3.63) is 12.2 Å². The van der Waals surface area contributed by atoms with Gasteiger partial charge in [-0.25, -0.2) is 0 Å². The molecule has 0 nitrogen and oxygen atoms in total. The van der Waals surface area contributed by atoms with E-state index in [9.17, 15) is 0 Å². The molecule has 0 aromatic carbocycles. The standard InChI is InChI=1S/C10H18S/c1-8(2)7-11-10-5-4-9(3)6-10/h9-10H,1,4-7H2,2-3H3. The van der Waals surface area contributed by atoms with E-state index in [4.69, 9.17) is 0 Å². The Morgan fingerprint density at radius 1 is 1.55 bits per heavy atom. The summed E-state index contributed by atoms with van der Waals surface area (Å²) in [6.07, 6.45) is 4.30. The van der Waals surface area contributed by atoms with Gasteiger partial charge in [-0.1, -0.05) is 19.1 Å². The molecule has 1 aliphatic rings. The SMILES string of the molecule is C=C(C)CSC1CCC(C)C1. The van der Waals surface area contributed by atoms with Gasteiger partial charge in [0.2, 0.25) is 0 Å². The third kappa shape index (κ3) is 3.33. The molecule has 0 aliphatic heterocycles. The molecule has 0 radical (unpaired) electrons. The quantitative estimate of drug-likeness (QED) is 0.584. The lowest BCUT2D eigenvalue weighted by atomic mass is 10.1. The molecule has 1 aliphatic carbocycles. The average molecular weight is 170 g/mol. The zero-order chi connectivity index (χ0) is 8.27. The third-order valence-corrected chi connectivity index (χ3v) is 3.77. The van der Waals surface area contributed by atoms with Crippen LogP contribution in [0.15, 0.2) is 12.2 Å². The molecule has 0 bridgehead atoms. The van der Waals surface area contributed by atoms with E-state index in [2.05, 4.69) is 32.2 Å². The van der Waals surface area contributed by atoms with Crippen molar-refractivity contribution in [3.8, 4) is 0 Å². The molecule has 0 amide bonds. The van der Waals surface area contributed by atoms with Crippen molar-refractivity contribution in [2.75, 3.05) is 5.75 Å². The topological polar surface area (TPSA) is 0 Å². The molecule has 1 fully saturated rings. The molecule has 1 heteroatoms. The van der Waals surface area contributed by atoms with Gasteiger partial charge in [0.05, 0.1) is 0 Å². The van der Waals surface area contributed by atoms with Gasteiger partial charge in [-0.05, 0) is 32.1 Å². The van der Waals surface area contributed by atoms with Crippen LogP contribution in [0, 0.1) is 5.92 Å². The molecular formula is C10H18S. The van der Waals surface area contributed by atoms with Crippen molar-refractivity contribution >= 4 is 11.8 Å². The predicted molar refractivity (Wildman–Crippen MR) is 54.1 cm³/mol. The summed E-state index contributed by atoms with van der Waals surface area (Å²) in [6.45, 7) is 8.39. The van der Waals surface area contributed by atoms with Crippen LogP contribution < -0.4 is 0 Å². The highest BCUT2D eigenvalue weighted by Crippen LogP contribution is 2.34. The van der Waals surface area contributed by atoms with Crippen LogP contribution in [0.2, 0.25) is 0 Å². The number of hydrogen-bond donors (Lipinski definition) is 0. The van der Waals surface area contributed by atoms with Crippen LogP contribution >= 0.6 is 11.8 Å². The van der Waals surface area contributed by atoms with Gasteiger partial charge in [-0.3, -0.25) is 0 Å². The van der Waals surface area contributed by atoms with E-state index in [1.54, 1.807) is 0 Å². The van der Waals surface area contributed by atoms with Crippen molar-refractivity contribution in [3.63, 3.8) is 0 Å². The van der Waals surface area contributed by atoms with E-state index in [0.717, 1.165) is 16.9 Å². The maximum absolute atomic E-state index is 3.91. The Bertz CT molecular complexity index is 140. The molecule has 0 aromatic rings. The molecule has 0 N–H and O–H groups in total. The lowest BCUT2D eigenvalue weighted by Crippen LogP contribution is -1.97. The van der Waals surface area contributed by atoms with E-state index in [-0.39, 0.29) is 0 Å². The number of hydrogen-bond acceptors (Lipinski definition) is 1. The molecule has 1 rings (SSSR count). The molecule has 11 heavy (non-hydrogen) atoms. The summed E-state index contributed by atoms with van der Waals surface area (Å²) in [6, 6.07) is 0. The summed E-state index contributed by atoms with van der Waals surface area (Å²) in [5.41, 5.74) is 1.31. The lowest BCUT2D eigenvalue weighted by molar-refractivity contribution is 0.613. The monoisotopic (exact) mass is 170 g/mol. The lowest BCUT2D eigenvalue weighted by Gasteiger charge is -2.08. The first kappa shape index (κ1) is 9.18. The van der Waals surface area contributed by atoms with E-state index in [1.165, 1.54) is 24.8 Å². The summed E-state index contributed by atoms with van der Waals surface area (Å²) in [4.78, 5) is 0. The first-order valence-electron chi connectivity index (χ1n) is 4.44. The predicted octanol–water partition coefficient (Wildman–Crippen LogP) is 3.48. The van der Waals surface area contributed by atoms with Gasteiger partial charge in [0.25, 0.3) is 0 Å². The van der Waals surface area contributed by atoms with Crippen molar-refractivity contribution in [2.24, 2.45) is 5.92 Å². The Kier molecular flexibility index (Phi) is 3.50. The second kappa shape index (κ2) is 4.20. The minimum Gasteiger partial charge on any atom is -0.154 e. The van der Waals surface area contributed by atoms with Gasteiger partial charge in [0, 0.05) is 11.0 Å². The van der Waals surface area contributed by atoms with Crippen LogP contribution in [0.5, 0.6) is 0 Å². The van der Waals surface area contributed by atoms with Gasteiger partial charge >= 0.3 is 0 Å². The van der Waals surface area contributed by atoms with E-state index >= 15 is 0 Å². The second-order valence-electron chi connectivity index (χ2n) is 3.81. The van der Waals surface area contributed by atoms with Crippen LogP contribution in [0.1, 0.15) is 33.1 Å². The minimum absolute atomic E-state index is 0.932. The summed E-state index contributed by atoms with van der Waals surface area (Å²) < 4.78 is 0. The van der Waals surface area contributed by atoms with Crippen LogP contribution in [-0.2, 0) is 0 Å². The van der Waals surface area contributed by atoms with Gasteiger partial charge < -0.3 is 0 Å². The highest BCUT2D eigenvalue weighted by Gasteiger charge is 2.20. The zero-order valence-corrected chi connectivity index (χ0v) is 8.41. The van der Waals surface area contributed by atoms with Gasteiger partial charge in [0.1, 0.15) is 0 Å². The smallest absolute Gasteiger partial charge is 0.0140 e. The zero-order valence-electron chi connectivity index (χ0n) is 7.60. The minimum atomic E-state index is 0.932. The highest BCUT2D eigenvalue weighted by atomic mass is 32.2. The molecule has 0 aromatic heterocycles. The fourth-order valence-electron chi connectivity index (χ4n) is 1.57. The third-order valence-electron chi connectivity index (χ3n) is 2.21. The Balaban J connectivity index is 2.13. The average Bonchev–Trinajstić information content (AvgIpc) is 2.31. The van der Waals surface area contributed by atoms with Crippen LogP contribution in [0.3, 0.4) is 0 Å². The van der Waals surface area contributed by atoms with Crippen LogP contribution in [0.4, 0.5) is 0 Å². The van der Waals surface area contributed by atoms with Crippen molar-refractivity contribution in [1.29, 1.82) is 0 Å². The number of rotatable bonds is 3. The fourth-order valence-corrected chi connectivity index (χ4v) is 2.85. The molecule has 0 saturated heterocycles. The second-order valence-corrected chi connectivity index (χ2v) is 5.10. The van der Waals surface area contributed by atoms with Crippen molar-refractivity contribution in [1.82, 2.24) is 0 Å². The molecule has 2 unspecified atom stereocenters. The number of thioether (sulfide) groups is 1. The first-order chi connectivity index (χ1) is 5.18. The summed E-state index contributed by atoms with van der Waals surface area (Å²) in [7, 11) is 0. The maximum Gasteiger partial charge on any atom is 0.0140 e. The van der Waals surface area contributed by atoms with Gasteiger partial charge in [0.15, 0.2) is 0 Å². The molecular weight excluding hydrogens is 152 g/mol. The molecule has 0 spiro atoms. The summed E-state index contributed by atoms with van der Waals surface area (Å²) >= 11 is 2.10. The van der Waals surface area contributed by atoms with Gasteiger partial charge in [-0.2, -0.15) is 11.8 Å². The molecule has 1 saturated carbocycles. The first-order valence-corrected chi connectivity index (χ1v) is 5.49. The van der Waals surface area contributed by atoms with E-state index in [1.807, 2.05) is 0 Å². The highest BCUT2D eigenvalue weighted by molar-refractivity contribution is 8.00. The maximum atomic E-state index is 3.91. The van der Waals surface area contributed by atoms with Gasteiger partial charge in [-0.15, -0.1) is 0 Å². The Hall–Kier alpha value is 0.0900. The fraction of sp³-hybridized carbons (Fsp3) is 0.800. The van der Waals surface area contributed by atoms with Crippen LogP contribution in [-0.4, -0.2) is 11.0 Å². The molecule has 64 valence electrons. The Morgan fingerprint density at radius 3 is 2.73 bits per heavy atom. The summed E-state index contributed by atoms with van der Waals surface area (Å²) in [5, 5.41) is 0.932. The van der Waals surface area contributed by atoms with Crippen molar-refractivity contribution < 1.29 is 0 Å². The normalized spacial score (nSPS) is 30.7. The Labute approximate surface area is 74.5 Å². The molecule has 2 atom stereocenters. The van der Waals surface area contributed by atoms with E-state index in [0.29, 0.717) is 0 Å². The summed E-state index contributed by atoms with van der Waals surface area (Å²) in [5.74, 6) is 2.13.